The molecule has 3 aromatic heterocycles. The lowest BCUT2D eigenvalue weighted by Crippen LogP contribution is -2.37. The Morgan fingerprint density at radius 2 is 2.18 bits per heavy atom. The standard InChI is InChI=1S/C15H16N6O/c1-11(14-20-19-13-6-2-3-8-21(13)14)18-15(22)17-10-12-5-4-7-16-9-12/h2-9,11H,10H2,1H3,(H2,17,18,22). The van der Waals surface area contributed by atoms with Crippen molar-refractivity contribution in [2.75, 3.05) is 0 Å². The van der Waals surface area contributed by atoms with E-state index in [1.165, 1.54) is 0 Å². The highest BCUT2D eigenvalue weighted by Gasteiger charge is 2.15. The van der Waals surface area contributed by atoms with E-state index in [4.69, 9.17) is 0 Å². The number of carbonyl (C=O) groups is 1. The molecule has 3 rings (SSSR count). The Hall–Kier alpha value is -2.96. The van der Waals surface area contributed by atoms with Gasteiger partial charge in [-0.15, -0.1) is 10.2 Å². The van der Waals surface area contributed by atoms with Crippen LogP contribution in [0.2, 0.25) is 0 Å². The molecular formula is C15H16N6O. The molecule has 0 saturated heterocycles. The second-order valence-corrected chi connectivity index (χ2v) is 4.90. The van der Waals surface area contributed by atoms with Crippen LogP contribution in [0.4, 0.5) is 4.79 Å². The van der Waals surface area contributed by atoms with Crippen LogP contribution in [-0.2, 0) is 6.54 Å². The van der Waals surface area contributed by atoms with Crippen LogP contribution >= 0.6 is 0 Å². The molecule has 7 heteroatoms. The van der Waals surface area contributed by atoms with Crippen molar-refractivity contribution in [2.45, 2.75) is 19.5 Å². The van der Waals surface area contributed by atoms with E-state index in [0.29, 0.717) is 12.4 Å². The van der Waals surface area contributed by atoms with Gasteiger partial charge in [-0.1, -0.05) is 12.1 Å². The molecule has 0 bridgehead atoms. The van der Waals surface area contributed by atoms with Crippen molar-refractivity contribution < 1.29 is 4.79 Å². The summed E-state index contributed by atoms with van der Waals surface area (Å²) in [6.07, 6.45) is 5.29. The normalized spacial score (nSPS) is 12.0. The van der Waals surface area contributed by atoms with Crippen molar-refractivity contribution in [3.8, 4) is 0 Å². The van der Waals surface area contributed by atoms with Gasteiger partial charge in [0.15, 0.2) is 11.5 Å². The summed E-state index contributed by atoms with van der Waals surface area (Å²) < 4.78 is 1.85. The monoisotopic (exact) mass is 296 g/mol. The van der Waals surface area contributed by atoms with E-state index in [1.54, 1.807) is 12.4 Å². The van der Waals surface area contributed by atoms with Crippen LogP contribution in [0.3, 0.4) is 0 Å². The molecule has 0 fully saturated rings. The van der Waals surface area contributed by atoms with Gasteiger partial charge in [0.25, 0.3) is 0 Å². The first-order valence-electron chi connectivity index (χ1n) is 6.97. The summed E-state index contributed by atoms with van der Waals surface area (Å²) in [5.74, 6) is 0.687. The molecule has 0 aromatic carbocycles. The average molecular weight is 296 g/mol. The van der Waals surface area contributed by atoms with Crippen LogP contribution in [0.15, 0.2) is 48.9 Å². The second kappa shape index (κ2) is 6.21. The van der Waals surface area contributed by atoms with E-state index in [2.05, 4.69) is 25.8 Å². The van der Waals surface area contributed by atoms with Gasteiger partial charge in [0.1, 0.15) is 0 Å². The Morgan fingerprint density at radius 1 is 1.27 bits per heavy atom. The third-order valence-electron chi connectivity index (χ3n) is 3.25. The predicted octanol–water partition coefficient (Wildman–Crippen LogP) is 1.68. The van der Waals surface area contributed by atoms with Crippen LogP contribution < -0.4 is 10.6 Å². The second-order valence-electron chi connectivity index (χ2n) is 4.90. The molecule has 7 nitrogen and oxygen atoms in total. The maximum Gasteiger partial charge on any atom is 0.315 e. The zero-order chi connectivity index (χ0) is 15.4. The van der Waals surface area contributed by atoms with Crippen molar-refractivity contribution in [3.05, 3.63) is 60.3 Å². The Balaban J connectivity index is 1.61. The van der Waals surface area contributed by atoms with Crippen LogP contribution in [0.25, 0.3) is 5.65 Å². The lowest BCUT2D eigenvalue weighted by atomic mass is 10.3. The molecule has 112 valence electrons. The first-order valence-corrected chi connectivity index (χ1v) is 6.97. The highest BCUT2D eigenvalue weighted by atomic mass is 16.2. The Kier molecular flexibility index (Phi) is 3.95. The molecule has 3 heterocycles. The maximum absolute atomic E-state index is 12.0. The van der Waals surface area contributed by atoms with Crippen molar-refractivity contribution in [2.24, 2.45) is 0 Å². The van der Waals surface area contributed by atoms with E-state index >= 15 is 0 Å². The number of hydrogen-bond donors (Lipinski definition) is 2. The number of carbonyl (C=O) groups excluding carboxylic acids is 1. The molecule has 22 heavy (non-hydrogen) atoms. The van der Waals surface area contributed by atoms with Gasteiger partial charge in [-0.25, -0.2) is 4.79 Å². The lowest BCUT2D eigenvalue weighted by Gasteiger charge is -2.13. The van der Waals surface area contributed by atoms with Crippen LogP contribution in [0.5, 0.6) is 0 Å². The minimum absolute atomic E-state index is 0.258. The summed E-state index contributed by atoms with van der Waals surface area (Å²) in [5.41, 5.74) is 1.69. The van der Waals surface area contributed by atoms with Gasteiger partial charge < -0.3 is 10.6 Å². The first-order chi connectivity index (χ1) is 10.7. The molecule has 0 aliphatic carbocycles. The summed E-state index contributed by atoms with van der Waals surface area (Å²) in [5, 5.41) is 13.8. The lowest BCUT2D eigenvalue weighted by molar-refractivity contribution is 0.237. The molecule has 2 N–H and O–H groups in total. The molecule has 0 aliphatic rings. The summed E-state index contributed by atoms with van der Waals surface area (Å²) in [4.78, 5) is 16.0. The topological polar surface area (TPSA) is 84.2 Å². The van der Waals surface area contributed by atoms with Gasteiger partial charge in [0.2, 0.25) is 0 Å². The number of hydrogen-bond acceptors (Lipinski definition) is 4. The highest BCUT2D eigenvalue weighted by molar-refractivity contribution is 5.74. The fourth-order valence-electron chi connectivity index (χ4n) is 2.15. The number of urea groups is 1. The SMILES string of the molecule is CC(NC(=O)NCc1cccnc1)c1nnc2ccccn12. The van der Waals surface area contributed by atoms with E-state index < -0.39 is 0 Å². The van der Waals surface area contributed by atoms with Crippen molar-refractivity contribution in [3.63, 3.8) is 0 Å². The number of nitrogens with zero attached hydrogens (tertiary/aromatic N) is 4. The quantitative estimate of drug-likeness (QED) is 0.767. The molecule has 3 aromatic rings. The van der Waals surface area contributed by atoms with E-state index in [-0.39, 0.29) is 12.1 Å². The Morgan fingerprint density at radius 3 is 3.00 bits per heavy atom. The summed E-state index contributed by atoms with van der Waals surface area (Å²) in [6.45, 7) is 2.29. The number of pyridine rings is 2. The van der Waals surface area contributed by atoms with Gasteiger partial charge in [0.05, 0.1) is 6.04 Å². The Labute approximate surface area is 127 Å². The van der Waals surface area contributed by atoms with E-state index in [9.17, 15) is 4.79 Å². The van der Waals surface area contributed by atoms with Gasteiger partial charge in [-0.2, -0.15) is 0 Å². The molecule has 1 unspecified atom stereocenters. The third-order valence-corrected chi connectivity index (χ3v) is 3.25. The van der Waals surface area contributed by atoms with Gasteiger partial charge in [-0.3, -0.25) is 9.38 Å². The summed E-state index contributed by atoms with van der Waals surface area (Å²) >= 11 is 0. The minimum atomic E-state index is -0.260. The molecule has 0 aliphatic heterocycles. The summed E-state index contributed by atoms with van der Waals surface area (Å²) in [6, 6.07) is 8.88. The van der Waals surface area contributed by atoms with Crippen LogP contribution in [-0.4, -0.2) is 25.6 Å². The zero-order valence-electron chi connectivity index (χ0n) is 12.1. The predicted molar refractivity (Wildman–Crippen MR) is 81.0 cm³/mol. The third kappa shape index (κ3) is 3.03. The number of fused-ring (bicyclic) bond motifs is 1. The van der Waals surface area contributed by atoms with E-state index in [0.717, 1.165) is 11.2 Å². The van der Waals surface area contributed by atoms with Gasteiger partial charge in [0, 0.05) is 25.1 Å². The van der Waals surface area contributed by atoms with Crippen LogP contribution in [0.1, 0.15) is 24.4 Å². The van der Waals surface area contributed by atoms with Gasteiger partial charge in [-0.05, 0) is 30.7 Å². The minimum Gasteiger partial charge on any atom is -0.334 e. The average Bonchev–Trinajstić information content (AvgIpc) is 2.98. The maximum atomic E-state index is 12.0. The fourth-order valence-corrected chi connectivity index (χ4v) is 2.15. The molecule has 1 atom stereocenters. The fraction of sp³-hybridized carbons (Fsp3) is 0.200. The number of aromatic nitrogens is 4. The molecule has 0 saturated carbocycles. The number of amides is 2. The van der Waals surface area contributed by atoms with Crippen molar-refractivity contribution >= 4 is 11.7 Å². The smallest absolute Gasteiger partial charge is 0.315 e. The Bertz CT molecular complexity index is 770. The summed E-state index contributed by atoms with van der Waals surface area (Å²) in [7, 11) is 0. The number of nitrogens with one attached hydrogen (secondary N) is 2. The largest absolute Gasteiger partial charge is 0.334 e. The zero-order valence-corrected chi connectivity index (χ0v) is 12.1. The van der Waals surface area contributed by atoms with Gasteiger partial charge >= 0.3 is 6.03 Å². The molecule has 0 radical (unpaired) electrons. The van der Waals surface area contributed by atoms with Crippen molar-refractivity contribution in [1.29, 1.82) is 0 Å². The molecule has 0 spiro atoms. The van der Waals surface area contributed by atoms with Crippen molar-refractivity contribution in [1.82, 2.24) is 30.2 Å². The molecule has 2 amide bonds. The van der Waals surface area contributed by atoms with E-state index in [1.807, 2.05) is 47.9 Å². The van der Waals surface area contributed by atoms with Crippen LogP contribution in [0, 0.1) is 0 Å². The first kappa shape index (κ1) is 14.0. The molecular weight excluding hydrogens is 280 g/mol. The number of rotatable bonds is 4. The highest BCUT2D eigenvalue weighted by Crippen LogP contribution is 2.11.